The standard InChI is InChI=1S/H7NOSSi2/c1-5(3)2-4/h3,5H,1H2,4H3. The molecule has 0 aliphatic carbocycles. The van der Waals surface area contributed by atoms with Gasteiger partial charge in [0.1, 0.15) is 10.5 Å². The molecule has 1 atom stereocenters. The van der Waals surface area contributed by atoms with Crippen molar-refractivity contribution in [1.29, 1.82) is 0 Å². The minimum absolute atomic E-state index is 0.734. The Morgan fingerprint density at radius 1 is 2.00 bits per heavy atom. The number of thiol groups is 1. The highest BCUT2D eigenvalue weighted by Gasteiger charge is 1.85. The molecule has 0 fully saturated rings. The molecule has 2 nitrogen and oxygen atoms in total. The van der Waals surface area contributed by atoms with E-state index in [0.717, 1.165) is 10.5 Å². The summed E-state index contributed by atoms with van der Waals surface area (Å²) in [6, 6.07) is 0. The summed E-state index contributed by atoms with van der Waals surface area (Å²) in [6.07, 6.45) is 0. The average Bonchev–Trinajstić information content (AvgIpc) is 1.38. The molecule has 0 saturated heterocycles. The minimum Gasteiger partial charge on any atom is -0.448 e. The third-order valence-electron chi connectivity index (χ3n) is 0.241. The normalized spacial score (nSPS) is 15.6. The van der Waals surface area contributed by atoms with Crippen molar-refractivity contribution < 1.29 is 4.12 Å². The van der Waals surface area contributed by atoms with Gasteiger partial charge < -0.3 is 9.51 Å². The van der Waals surface area contributed by atoms with Crippen LogP contribution in [-0.4, -0.2) is 18.8 Å². The summed E-state index contributed by atoms with van der Waals surface area (Å²) in [5, 5.41) is 5.11. The first-order valence-corrected chi connectivity index (χ1v) is 5.26. The van der Waals surface area contributed by atoms with Gasteiger partial charge in [-0.05, 0) is 0 Å². The van der Waals surface area contributed by atoms with Crippen molar-refractivity contribution in [3.05, 3.63) is 0 Å². The quantitative estimate of drug-likeness (QED) is 0.311. The highest BCUT2D eigenvalue weighted by molar-refractivity contribution is 8.09. The lowest BCUT2D eigenvalue weighted by Crippen LogP contribution is -2.20. The van der Waals surface area contributed by atoms with Crippen LogP contribution in [0.2, 0.25) is 0 Å². The van der Waals surface area contributed by atoms with Gasteiger partial charge in [0.25, 0.3) is 0 Å². The van der Waals surface area contributed by atoms with Gasteiger partial charge in [-0.3, -0.25) is 0 Å². The Balaban J connectivity index is 2.54. The van der Waals surface area contributed by atoms with E-state index in [1.165, 1.54) is 0 Å². The van der Waals surface area contributed by atoms with E-state index in [1.54, 1.807) is 0 Å². The Morgan fingerprint density at radius 3 is 2.20 bits per heavy atom. The van der Waals surface area contributed by atoms with Gasteiger partial charge >= 0.3 is 8.35 Å². The van der Waals surface area contributed by atoms with E-state index in [0.29, 0.717) is 0 Å². The second-order valence-electron chi connectivity index (χ2n) is 0.626. The highest BCUT2D eigenvalue weighted by atomic mass is 32.3. The minimum atomic E-state index is -1.39. The summed E-state index contributed by atoms with van der Waals surface area (Å²) in [5.41, 5.74) is 0. The molecule has 0 radical (unpaired) electrons. The molecule has 5 heteroatoms. The van der Waals surface area contributed by atoms with Gasteiger partial charge in [-0.2, -0.15) is 12.1 Å². The van der Waals surface area contributed by atoms with Crippen molar-refractivity contribution in [3.8, 4) is 0 Å². The number of hydrogen-bond acceptors (Lipinski definition) is 3. The summed E-state index contributed by atoms with van der Waals surface area (Å²) in [5.74, 6) is 0. The lowest BCUT2D eigenvalue weighted by atomic mass is 13.9. The van der Waals surface area contributed by atoms with E-state index in [9.17, 15) is 0 Å². The summed E-state index contributed by atoms with van der Waals surface area (Å²) < 4.78 is 4.67. The van der Waals surface area contributed by atoms with Crippen LogP contribution in [0.4, 0.5) is 0 Å². The van der Waals surface area contributed by atoms with Crippen molar-refractivity contribution in [2.75, 3.05) is 0 Å². The van der Waals surface area contributed by atoms with Crippen LogP contribution in [0, 0.1) is 0 Å². The molecular formula is H7NOSSi2. The van der Waals surface area contributed by atoms with Gasteiger partial charge in [0.15, 0.2) is 0 Å². The van der Waals surface area contributed by atoms with E-state index in [2.05, 4.69) is 16.2 Å². The molecule has 0 aromatic rings. The zero-order valence-electron chi connectivity index (χ0n) is 3.01. The second kappa shape index (κ2) is 2.92. The predicted molar refractivity (Wildman–Crippen MR) is 31.3 cm³/mol. The lowest BCUT2D eigenvalue weighted by Gasteiger charge is -1.92. The fourth-order valence-corrected chi connectivity index (χ4v) is 0. The van der Waals surface area contributed by atoms with E-state index < -0.39 is 8.35 Å². The summed E-state index contributed by atoms with van der Waals surface area (Å²) in [4.78, 5) is 0. The van der Waals surface area contributed by atoms with Crippen LogP contribution >= 0.6 is 12.1 Å². The zero-order valence-corrected chi connectivity index (χ0v) is 7.06. The van der Waals surface area contributed by atoms with Crippen LogP contribution < -0.4 is 5.40 Å². The van der Waals surface area contributed by atoms with Crippen LogP contribution in [0.15, 0.2) is 0 Å². The molecule has 0 saturated carbocycles. The Labute approximate surface area is 41.1 Å². The van der Waals surface area contributed by atoms with E-state index in [4.69, 9.17) is 5.40 Å². The van der Waals surface area contributed by atoms with Crippen molar-refractivity contribution in [2.45, 2.75) is 0 Å². The van der Waals surface area contributed by atoms with Crippen molar-refractivity contribution in [1.82, 2.24) is 0 Å². The topological polar surface area (TPSA) is 35.2 Å². The molecule has 0 heterocycles. The zero-order chi connectivity index (χ0) is 4.28. The van der Waals surface area contributed by atoms with Crippen LogP contribution in [0.5, 0.6) is 0 Å². The van der Waals surface area contributed by atoms with E-state index >= 15 is 0 Å². The molecule has 0 aliphatic rings. The molecule has 32 valence electrons. The SMILES string of the molecule is N[SiH](S)O[SiH3]. The van der Waals surface area contributed by atoms with Crippen LogP contribution in [-0.2, 0) is 4.12 Å². The van der Waals surface area contributed by atoms with Crippen LogP contribution in [0.1, 0.15) is 0 Å². The van der Waals surface area contributed by atoms with Gasteiger partial charge in [-0.1, -0.05) is 0 Å². The Bertz CT molecular complexity index is 23.6. The number of nitrogens with two attached hydrogens (primary N) is 1. The fourth-order valence-electron chi connectivity index (χ4n) is 0. The van der Waals surface area contributed by atoms with Gasteiger partial charge in [0, 0.05) is 0 Å². The Kier molecular flexibility index (Phi) is 3.33. The van der Waals surface area contributed by atoms with E-state index in [-0.39, 0.29) is 0 Å². The highest BCUT2D eigenvalue weighted by Crippen LogP contribution is 1.71. The first-order chi connectivity index (χ1) is 2.27. The van der Waals surface area contributed by atoms with Gasteiger partial charge in [0.2, 0.25) is 0 Å². The molecule has 5 heavy (non-hydrogen) atoms. The molecule has 0 aromatic carbocycles. The molecule has 0 aliphatic heterocycles. The summed E-state index contributed by atoms with van der Waals surface area (Å²) >= 11 is 3.83. The average molecular weight is 125 g/mol. The van der Waals surface area contributed by atoms with Crippen molar-refractivity contribution in [3.63, 3.8) is 0 Å². The molecule has 0 amide bonds. The molecule has 0 spiro atoms. The number of hydrogen-bond donors (Lipinski definition) is 2. The van der Waals surface area contributed by atoms with Crippen molar-refractivity contribution >= 4 is 30.9 Å². The first kappa shape index (κ1) is 5.70. The third-order valence-corrected chi connectivity index (χ3v) is 4.07. The maximum Gasteiger partial charge on any atom is 0.301 e. The number of rotatable bonds is 1. The molecule has 1 unspecified atom stereocenters. The third kappa shape index (κ3) is 4.70. The van der Waals surface area contributed by atoms with Gasteiger partial charge in [-0.25, -0.2) is 0 Å². The molecular weight excluding hydrogens is 118 g/mol. The first-order valence-electron chi connectivity index (χ1n) is 1.24. The largest absolute Gasteiger partial charge is 0.448 e. The monoisotopic (exact) mass is 125 g/mol. The van der Waals surface area contributed by atoms with Crippen LogP contribution in [0.3, 0.4) is 0 Å². The summed E-state index contributed by atoms with van der Waals surface area (Å²) in [6.45, 7) is 0. The molecule has 0 bridgehead atoms. The maximum absolute atomic E-state index is 5.11. The van der Waals surface area contributed by atoms with Crippen LogP contribution in [0.25, 0.3) is 0 Å². The van der Waals surface area contributed by atoms with Gasteiger partial charge in [0.05, 0.1) is 0 Å². The molecule has 0 rings (SSSR count). The maximum atomic E-state index is 5.11. The smallest absolute Gasteiger partial charge is 0.301 e. The second-order valence-corrected chi connectivity index (χ2v) is 4.82. The van der Waals surface area contributed by atoms with E-state index in [1.807, 2.05) is 0 Å². The van der Waals surface area contributed by atoms with Crippen molar-refractivity contribution in [2.24, 2.45) is 5.40 Å². The fraction of sp³-hybridized carbons (Fsp3) is 0. The lowest BCUT2D eigenvalue weighted by molar-refractivity contribution is 0.658. The molecule has 0 aromatic heterocycles. The molecule has 2 N–H and O–H groups in total. The predicted octanol–water partition coefficient (Wildman–Crippen LogP) is -2.11. The van der Waals surface area contributed by atoms with Gasteiger partial charge in [-0.15, -0.1) is 0 Å². The Hall–Kier alpha value is 0.704. The summed E-state index contributed by atoms with van der Waals surface area (Å²) in [7, 11) is -0.660. The Morgan fingerprint density at radius 2 is 2.20 bits per heavy atom.